The zero-order chi connectivity index (χ0) is 12.3. The van der Waals surface area contributed by atoms with Crippen LogP contribution in [0.1, 0.15) is 24.7 Å². The molecule has 0 saturated heterocycles. The van der Waals surface area contributed by atoms with Crippen molar-refractivity contribution in [1.29, 1.82) is 0 Å². The molecule has 1 aromatic heterocycles. The van der Waals surface area contributed by atoms with Crippen molar-refractivity contribution < 1.29 is 9.50 Å². The van der Waals surface area contributed by atoms with Gasteiger partial charge in [-0.1, -0.05) is 24.6 Å². The number of hydrogen-bond donors (Lipinski definition) is 1. The molecule has 0 spiro atoms. The van der Waals surface area contributed by atoms with Crippen LogP contribution in [0, 0.1) is 5.82 Å². The van der Waals surface area contributed by atoms with Gasteiger partial charge in [0, 0.05) is 0 Å². The highest BCUT2D eigenvalue weighted by molar-refractivity contribution is 5.33. The first kappa shape index (κ1) is 11.7. The van der Waals surface area contributed by atoms with Crippen molar-refractivity contribution >= 4 is 0 Å². The van der Waals surface area contributed by atoms with Crippen LogP contribution in [-0.2, 0) is 13.0 Å². The fourth-order valence-corrected chi connectivity index (χ4v) is 1.76. The molecule has 0 radical (unpaired) electrons. The number of aromatic nitrogens is 3. The predicted octanol–water partition coefficient (Wildman–Crippen LogP) is 1.85. The summed E-state index contributed by atoms with van der Waals surface area (Å²) in [6.45, 7) is 1.88. The van der Waals surface area contributed by atoms with E-state index in [-0.39, 0.29) is 12.4 Å². The molecule has 2 rings (SSSR count). The van der Waals surface area contributed by atoms with Crippen molar-refractivity contribution in [2.75, 3.05) is 0 Å². The van der Waals surface area contributed by atoms with E-state index in [1.807, 2.05) is 6.92 Å². The Morgan fingerprint density at radius 3 is 2.88 bits per heavy atom. The van der Waals surface area contributed by atoms with Crippen LogP contribution in [-0.4, -0.2) is 20.1 Å². The maximum absolute atomic E-state index is 13.1. The summed E-state index contributed by atoms with van der Waals surface area (Å²) in [5.41, 5.74) is 2.01. The van der Waals surface area contributed by atoms with Gasteiger partial charge in [0.25, 0.3) is 0 Å². The second kappa shape index (κ2) is 5.05. The van der Waals surface area contributed by atoms with Crippen LogP contribution in [0.3, 0.4) is 0 Å². The number of rotatable bonds is 4. The molecule has 0 aliphatic rings. The van der Waals surface area contributed by atoms with E-state index in [2.05, 4.69) is 10.3 Å². The number of nitrogens with zero attached hydrogens (tertiary/aromatic N) is 3. The Kier molecular flexibility index (Phi) is 3.49. The van der Waals surface area contributed by atoms with Gasteiger partial charge in [-0.2, -0.15) is 0 Å². The van der Waals surface area contributed by atoms with Crippen LogP contribution >= 0.6 is 0 Å². The van der Waals surface area contributed by atoms with Crippen LogP contribution in [0.5, 0.6) is 0 Å². The van der Waals surface area contributed by atoms with Gasteiger partial charge in [-0.15, -0.1) is 5.10 Å². The lowest BCUT2D eigenvalue weighted by molar-refractivity contribution is 0.275. The van der Waals surface area contributed by atoms with Crippen molar-refractivity contribution in [3.05, 3.63) is 41.5 Å². The maximum atomic E-state index is 13.1. The molecule has 4 nitrogen and oxygen atoms in total. The third-order valence-electron chi connectivity index (χ3n) is 2.53. The smallest absolute Gasteiger partial charge is 0.125 e. The van der Waals surface area contributed by atoms with Crippen LogP contribution < -0.4 is 0 Å². The van der Waals surface area contributed by atoms with Crippen LogP contribution in [0.2, 0.25) is 0 Å². The molecule has 5 heteroatoms. The number of aliphatic hydroxyl groups excluding tert-OH is 1. The third-order valence-corrected chi connectivity index (χ3v) is 2.53. The van der Waals surface area contributed by atoms with E-state index in [0.29, 0.717) is 11.4 Å². The fraction of sp³-hybridized carbons (Fsp3) is 0.333. The van der Waals surface area contributed by atoms with Crippen LogP contribution in [0.4, 0.5) is 4.39 Å². The molecule has 0 fully saturated rings. The number of benzene rings is 1. The zero-order valence-electron chi connectivity index (χ0n) is 9.60. The lowest BCUT2D eigenvalue weighted by Crippen LogP contribution is -2.04. The van der Waals surface area contributed by atoms with Gasteiger partial charge in [-0.3, -0.25) is 0 Å². The summed E-state index contributed by atoms with van der Waals surface area (Å²) < 4.78 is 14.7. The fourth-order valence-electron chi connectivity index (χ4n) is 1.76. The van der Waals surface area contributed by atoms with E-state index in [0.717, 1.165) is 18.5 Å². The third kappa shape index (κ3) is 2.34. The normalized spacial score (nSPS) is 10.8. The summed E-state index contributed by atoms with van der Waals surface area (Å²) in [6, 6.07) is 6.17. The molecule has 0 aliphatic carbocycles. The van der Waals surface area contributed by atoms with Gasteiger partial charge in [-0.05, 0) is 24.6 Å². The quantitative estimate of drug-likeness (QED) is 0.879. The Hall–Kier alpha value is -1.75. The highest BCUT2D eigenvalue weighted by Crippen LogP contribution is 2.15. The average molecular weight is 235 g/mol. The second-order valence-corrected chi connectivity index (χ2v) is 3.78. The van der Waals surface area contributed by atoms with E-state index < -0.39 is 0 Å². The SMILES string of the molecule is CCCc1c(CO)nnn1-c1cccc(F)c1. The summed E-state index contributed by atoms with van der Waals surface area (Å²) >= 11 is 0. The zero-order valence-corrected chi connectivity index (χ0v) is 9.60. The Labute approximate surface area is 98.7 Å². The van der Waals surface area contributed by atoms with Crippen molar-refractivity contribution in [2.45, 2.75) is 26.4 Å². The summed E-state index contributed by atoms with van der Waals surface area (Å²) in [7, 11) is 0. The van der Waals surface area contributed by atoms with Gasteiger partial charge in [0.1, 0.15) is 11.5 Å². The topological polar surface area (TPSA) is 50.9 Å². The van der Waals surface area contributed by atoms with E-state index in [9.17, 15) is 4.39 Å². The standard InChI is InChI=1S/C12H14FN3O/c1-2-4-12-11(8-17)14-15-16(12)10-6-3-5-9(13)7-10/h3,5-7,17H,2,4,8H2,1H3. The van der Waals surface area contributed by atoms with Crippen LogP contribution in [0.25, 0.3) is 5.69 Å². The molecule has 90 valence electrons. The van der Waals surface area contributed by atoms with E-state index in [1.165, 1.54) is 12.1 Å². The van der Waals surface area contributed by atoms with Crippen molar-refractivity contribution in [2.24, 2.45) is 0 Å². The van der Waals surface area contributed by atoms with Crippen molar-refractivity contribution in [3.8, 4) is 5.69 Å². The Morgan fingerprint density at radius 2 is 2.24 bits per heavy atom. The predicted molar refractivity (Wildman–Crippen MR) is 61.2 cm³/mol. The molecular formula is C12H14FN3O. The van der Waals surface area contributed by atoms with Gasteiger partial charge >= 0.3 is 0 Å². The average Bonchev–Trinajstić information content (AvgIpc) is 2.72. The molecule has 0 unspecified atom stereocenters. The number of hydrogen-bond acceptors (Lipinski definition) is 3. The highest BCUT2D eigenvalue weighted by atomic mass is 19.1. The largest absolute Gasteiger partial charge is 0.390 e. The molecule has 1 N–H and O–H groups in total. The summed E-state index contributed by atoms with van der Waals surface area (Å²) in [5.74, 6) is -0.314. The Morgan fingerprint density at radius 1 is 1.41 bits per heavy atom. The molecule has 0 bridgehead atoms. The lowest BCUT2D eigenvalue weighted by atomic mass is 10.2. The molecule has 0 amide bonds. The molecule has 0 saturated carbocycles. The molecule has 0 aliphatic heterocycles. The molecule has 1 heterocycles. The summed E-state index contributed by atoms with van der Waals surface area (Å²) in [4.78, 5) is 0. The van der Waals surface area contributed by atoms with Gasteiger partial charge in [0.2, 0.25) is 0 Å². The van der Waals surface area contributed by atoms with E-state index in [1.54, 1.807) is 16.8 Å². The van der Waals surface area contributed by atoms with Gasteiger partial charge in [-0.25, -0.2) is 9.07 Å². The molecule has 17 heavy (non-hydrogen) atoms. The Bertz CT molecular complexity index is 510. The van der Waals surface area contributed by atoms with Crippen molar-refractivity contribution in [1.82, 2.24) is 15.0 Å². The van der Waals surface area contributed by atoms with E-state index >= 15 is 0 Å². The molecule has 1 aromatic carbocycles. The first-order valence-electron chi connectivity index (χ1n) is 5.56. The summed E-state index contributed by atoms with van der Waals surface area (Å²) in [5, 5.41) is 17.0. The first-order chi connectivity index (χ1) is 8.26. The lowest BCUT2D eigenvalue weighted by Gasteiger charge is -2.06. The van der Waals surface area contributed by atoms with Crippen LogP contribution in [0.15, 0.2) is 24.3 Å². The first-order valence-corrected chi connectivity index (χ1v) is 5.56. The highest BCUT2D eigenvalue weighted by Gasteiger charge is 2.12. The minimum absolute atomic E-state index is 0.148. The number of aliphatic hydroxyl groups is 1. The molecule has 0 atom stereocenters. The molecular weight excluding hydrogens is 221 g/mol. The second-order valence-electron chi connectivity index (χ2n) is 3.78. The monoisotopic (exact) mass is 235 g/mol. The van der Waals surface area contributed by atoms with Gasteiger partial charge in [0.05, 0.1) is 18.0 Å². The number of halogens is 1. The van der Waals surface area contributed by atoms with Gasteiger partial charge < -0.3 is 5.11 Å². The summed E-state index contributed by atoms with van der Waals surface area (Å²) in [6.07, 6.45) is 1.66. The minimum Gasteiger partial charge on any atom is -0.390 e. The van der Waals surface area contributed by atoms with Crippen molar-refractivity contribution in [3.63, 3.8) is 0 Å². The Balaban J connectivity index is 2.47. The molecule has 2 aromatic rings. The van der Waals surface area contributed by atoms with Gasteiger partial charge in [0.15, 0.2) is 0 Å². The van der Waals surface area contributed by atoms with E-state index in [4.69, 9.17) is 5.11 Å². The maximum Gasteiger partial charge on any atom is 0.125 e. The minimum atomic E-state index is -0.314.